The number of halogens is 1. The highest BCUT2D eigenvalue weighted by atomic mass is 79.9. The van der Waals surface area contributed by atoms with Crippen LogP contribution in [0.4, 0.5) is 0 Å². The van der Waals surface area contributed by atoms with Gasteiger partial charge in [-0.2, -0.15) is 10.1 Å². The van der Waals surface area contributed by atoms with Crippen LogP contribution in [0.15, 0.2) is 39.5 Å². The van der Waals surface area contributed by atoms with Crippen molar-refractivity contribution >= 4 is 21.8 Å². The summed E-state index contributed by atoms with van der Waals surface area (Å²) in [6.07, 6.45) is 1.87. The van der Waals surface area contributed by atoms with E-state index in [1.54, 1.807) is 28.9 Å². The van der Waals surface area contributed by atoms with E-state index < -0.39 is 5.91 Å². The maximum Gasteiger partial charge on any atom is 0.255 e. The molecular weight excluding hydrogens is 390 g/mol. The Balaban J connectivity index is 1.75. The predicted molar refractivity (Wildman–Crippen MR) is 92.9 cm³/mol. The average molecular weight is 406 g/mol. The number of hydrogen-bond acceptors (Lipinski definition) is 6. The quantitative estimate of drug-likeness (QED) is 0.674. The van der Waals surface area contributed by atoms with Crippen molar-refractivity contribution in [1.82, 2.24) is 19.9 Å². The van der Waals surface area contributed by atoms with Crippen molar-refractivity contribution in [3.05, 3.63) is 46.5 Å². The highest BCUT2D eigenvalue weighted by Crippen LogP contribution is 2.24. The van der Waals surface area contributed by atoms with Gasteiger partial charge in [0.05, 0.1) is 10.2 Å². The number of carbonyl (C=O) groups excluding carboxylic acids is 1. The number of primary amides is 1. The number of aromatic nitrogens is 4. The van der Waals surface area contributed by atoms with Crippen molar-refractivity contribution in [3.8, 4) is 17.1 Å². The third kappa shape index (κ3) is 3.87. The van der Waals surface area contributed by atoms with Crippen molar-refractivity contribution in [2.24, 2.45) is 5.73 Å². The second-order valence-corrected chi connectivity index (χ2v) is 6.31. The molecule has 25 heavy (non-hydrogen) atoms. The van der Waals surface area contributed by atoms with Gasteiger partial charge in [0.2, 0.25) is 5.82 Å². The van der Waals surface area contributed by atoms with E-state index >= 15 is 0 Å². The van der Waals surface area contributed by atoms with Crippen LogP contribution < -0.4 is 10.5 Å². The van der Waals surface area contributed by atoms with Gasteiger partial charge in [-0.3, -0.25) is 9.48 Å². The molecular formula is C16H16BrN5O3. The zero-order valence-electron chi connectivity index (χ0n) is 13.6. The molecule has 0 spiro atoms. The smallest absolute Gasteiger partial charge is 0.255 e. The molecule has 2 heterocycles. The molecule has 3 aromatic rings. The van der Waals surface area contributed by atoms with E-state index in [0.29, 0.717) is 17.5 Å². The lowest BCUT2D eigenvalue weighted by atomic mass is 10.2. The monoisotopic (exact) mass is 405 g/mol. The Hall–Kier alpha value is -2.68. The van der Waals surface area contributed by atoms with E-state index in [9.17, 15) is 4.79 Å². The predicted octanol–water partition coefficient (Wildman–Crippen LogP) is 2.48. The van der Waals surface area contributed by atoms with Gasteiger partial charge in [0, 0.05) is 11.8 Å². The van der Waals surface area contributed by atoms with Crippen LogP contribution in [0.2, 0.25) is 0 Å². The lowest BCUT2D eigenvalue weighted by Crippen LogP contribution is -2.19. The van der Waals surface area contributed by atoms with E-state index in [2.05, 4.69) is 31.2 Å². The van der Waals surface area contributed by atoms with E-state index in [0.717, 1.165) is 15.7 Å². The largest absolute Gasteiger partial charge is 0.484 e. The number of nitrogens with zero attached hydrogens (tertiary/aromatic N) is 4. The number of carbonyl (C=O) groups is 1. The summed E-state index contributed by atoms with van der Waals surface area (Å²) in [5.74, 6) is 0.933. The lowest BCUT2D eigenvalue weighted by Gasteiger charge is -2.06. The maximum absolute atomic E-state index is 10.7. The fraction of sp³-hybridized carbons (Fsp3) is 0.250. The van der Waals surface area contributed by atoms with Crippen molar-refractivity contribution < 1.29 is 14.1 Å². The first-order valence-corrected chi connectivity index (χ1v) is 8.29. The van der Waals surface area contributed by atoms with Gasteiger partial charge < -0.3 is 15.0 Å². The number of aryl methyl sites for hydroxylation is 1. The molecule has 1 amide bonds. The third-order valence-corrected chi connectivity index (χ3v) is 4.32. The Morgan fingerprint density at radius 1 is 1.40 bits per heavy atom. The average Bonchev–Trinajstić information content (AvgIpc) is 3.20. The Morgan fingerprint density at radius 2 is 2.12 bits per heavy atom. The summed E-state index contributed by atoms with van der Waals surface area (Å²) in [6, 6.07) is 6.80. The standard InChI is InChI=1S/C16H16BrN5O3/c1-9-13(17)7-22(20-9)10(2)16-19-15(21-25-16)11-3-5-12(6-4-11)24-8-14(18)23/h3-7,10H,8H2,1-2H3,(H2,18,23). The van der Waals surface area contributed by atoms with Crippen LogP contribution in [-0.2, 0) is 4.79 Å². The van der Waals surface area contributed by atoms with Gasteiger partial charge in [-0.05, 0) is 54.0 Å². The number of rotatable bonds is 6. The van der Waals surface area contributed by atoms with Crippen LogP contribution in [-0.4, -0.2) is 32.4 Å². The zero-order chi connectivity index (χ0) is 18.0. The summed E-state index contributed by atoms with van der Waals surface area (Å²) >= 11 is 3.44. The highest BCUT2D eigenvalue weighted by molar-refractivity contribution is 9.10. The number of amides is 1. The molecule has 0 saturated heterocycles. The first-order valence-electron chi connectivity index (χ1n) is 7.50. The molecule has 2 N–H and O–H groups in total. The summed E-state index contributed by atoms with van der Waals surface area (Å²) in [7, 11) is 0. The maximum atomic E-state index is 10.7. The zero-order valence-corrected chi connectivity index (χ0v) is 15.2. The van der Waals surface area contributed by atoms with Gasteiger partial charge in [0.1, 0.15) is 11.8 Å². The molecule has 1 unspecified atom stereocenters. The van der Waals surface area contributed by atoms with Crippen LogP contribution in [0, 0.1) is 6.92 Å². The van der Waals surface area contributed by atoms with Gasteiger partial charge >= 0.3 is 0 Å². The Morgan fingerprint density at radius 3 is 2.72 bits per heavy atom. The molecule has 0 saturated carbocycles. The lowest BCUT2D eigenvalue weighted by molar-refractivity contribution is -0.119. The molecule has 0 aliphatic heterocycles. The molecule has 130 valence electrons. The Labute approximate surface area is 152 Å². The molecule has 0 bridgehead atoms. The first kappa shape index (κ1) is 17.2. The second-order valence-electron chi connectivity index (χ2n) is 5.45. The van der Waals surface area contributed by atoms with Crippen LogP contribution in [0.5, 0.6) is 5.75 Å². The summed E-state index contributed by atoms with van der Waals surface area (Å²) < 4.78 is 13.3. The summed E-state index contributed by atoms with van der Waals surface area (Å²) in [5.41, 5.74) is 6.70. The number of benzene rings is 1. The van der Waals surface area contributed by atoms with E-state index in [1.807, 2.05) is 20.0 Å². The first-order chi connectivity index (χ1) is 11.9. The van der Waals surface area contributed by atoms with E-state index in [4.69, 9.17) is 15.0 Å². The molecule has 1 atom stereocenters. The summed E-state index contributed by atoms with van der Waals surface area (Å²) in [6.45, 7) is 3.67. The van der Waals surface area contributed by atoms with Crippen LogP contribution in [0.1, 0.15) is 24.6 Å². The van der Waals surface area contributed by atoms with E-state index in [-0.39, 0.29) is 12.6 Å². The molecule has 1 aromatic carbocycles. The number of hydrogen-bond donors (Lipinski definition) is 1. The molecule has 0 aliphatic carbocycles. The minimum atomic E-state index is -0.527. The fourth-order valence-corrected chi connectivity index (χ4v) is 2.44. The van der Waals surface area contributed by atoms with Crippen LogP contribution in [0.25, 0.3) is 11.4 Å². The molecule has 0 aliphatic rings. The van der Waals surface area contributed by atoms with Gasteiger partial charge in [-0.25, -0.2) is 0 Å². The topological polar surface area (TPSA) is 109 Å². The SMILES string of the molecule is Cc1nn(C(C)c2nc(-c3ccc(OCC(N)=O)cc3)no2)cc1Br. The fourth-order valence-electron chi connectivity index (χ4n) is 2.15. The number of ether oxygens (including phenoxy) is 1. The second kappa shape index (κ2) is 7.06. The molecule has 9 heteroatoms. The normalized spacial score (nSPS) is 12.1. The van der Waals surface area contributed by atoms with Gasteiger partial charge in [-0.1, -0.05) is 5.16 Å². The number of nitrogens with two attached hydrogens (primary N) is 1. The molecule has 3 rings (SSSR count). The summed E-state index contributed by atoms with van der Waals surface area (Å²) in [5, 5.41) is 8.41. The van der Waals surface area contributed by atoms with Gasteiger partial charge in [0.25, 0.3) is 11.8 Å². The minimum absolute atomic E-state index is 0.165. The molecule has 0 fully saturated rings. The van der Waals surface area contributed by atoms with Gasteiger partial charge in [0.15, 0.2) is 6.61 Å². The Bertz CT molecular complexity index is 868. The Kier molecular flexibility index (Phi) is 4.84. The van der Waals surface area contributed by atoms with Crippen molar-refractivity contribution in [3.63, 3.8) is 0 Å². The van der Waals surface area contributed by atoms with Crippen molar-refractivity contribution in [2.45, 2.75) is 19.9 Å². The molecule has 2 aromatic heterocycles. The third-order valence-electron chi connectivity index (χ3n) is 3.55. The summed E-state index contributed by atoms with van der Waals surface area (Å²) in [4.78, 5) is 15.2. The van der Waals surface area contributed by atoms with Crippen LogP contribution in [0.3, 0.4) is 0 Å². The van der Waals surface area contributed by atoms with Crippen molar-refractivity contribution in [1.29, 1.82) is 0 Å². The van der Waals surface area contributed by atoms with Crippen molar-refractivity contribution in [2.75, 3.05) is 6.61 Å². The molecule has 8 nitrogen and oxygen atoms in total. The van der Waals surface area contributed by atoms with Gasteiger partial charge in [-0.15, -0.1) is 0 Å². The van der Waals surface area contributed by atoms with E-state index in [1.165, 1.54) is 0 Å². The highest BCUT2D eigenvalue weighted by Gasteiger charge is 2.18. The molecule has 0 radical (unpaired) electrons. The minimum Gasteiger partial charge on any atom is -0.484 e. The van der Waals surface area contributed by atoms with Crippen LogP contribution >= 0.6 is 15.9 Å².